The number of piperidine rings is 1. The predicted molar refractivity (Wildman–Crippen MR) is 83.9 cm³/mol. The summed E-state index contributed by atoms with van der Waals surface area (Å²) in [6.07, 6.45) is 1.72. The average Bonchev–Trinajstić information content (AvgIpc) is 2.54. The first-order valence-corrected chi connectivity index (χ1v) is 9.42. The molecule has 7 nitrogen and oxygen atoms in total. The predicted octanol–water partition coefficient (Wildman–Crippen LogP) is 0.367. The topological polar surface area (TPSA) is 84.9 Å². The number of sulfonamides is 1. The fourth-order valence-corrected chi connectivity index (χ4v) is 3.65. The van der Waals surface area contributed by atoms with E-state index in [0.29, 0.717) is 37.4 Å². The molecule has 1 fully saturated rings. The van der Waals surface area contributed by atoms with E-state index >= 15 is 0 Å². The van der Waals surface area contributed by atoms with Crippen molar-refractivity contribution in [2.75, 3.05) is 26.0 Å². The van der Waals surface area contributed by atoms with Gasteiger partial charge in [0.1, 0.15) is 6.61 Å². The van der Waals surface area contributed by atoms with Crippen molar-refractivity contribution in [3.63, 3.8) is 0 Å². The fourth-order valence-electron chi connectivity index (χ4n) is 2.77. The van der Waals surface area contributed by atoms with E-state index in [2.05, 4.69) is 5.32 Å². The van der Waals surface area contributed by atoms with Gasteiger partial charge in [-0.25, -0.2) is 12.7 Å². The van der Waals surface area contributed by atoms with Crippen molar-refractivity contribution in [1.29, 1.82) is 0 Å². The summed E-state index contributed by atoms with van der Waals surface area (Å²) in [4.78, 5) is 12.3. The second-order valence-electron chi connectivity index (χ2n) is 5.81. The summed E-state index contributed by atoms with van der Waals surface area (Å²) in [5.41, 5.74) is 0. The fraction of sp³-hybridized carbons (Fsp3) is 0.533. The highest BCUT2D eigenvalue weighted by molar-refractivity contribution is 7.88. The summed E-state index contributed by atoms with van der Waals surface area (Å²) in [5, 5.41) is 2.93. The molecule has 1 N–H and O–H groups in total. The Morgan fingerprint density at radius 1 is 1.22 bits per heavy atom. The second-order valence-corrected chi connectivity index (χ2v) is 7.79. The number of nitrogens with one attached hydrogen (secondary N) is 1. The standard InChI is InChI=1S/C15H20N2O5S/c1-23(19,20)17-8-6-11(7-9-17)16-15(18)14-10-21-12-4-2-3-5-13(12)22-14/h2-5,11,14H,6-10H2,1H3,(H,16,18)/t14-/m0/s1. The Kier molecular flexibility index (Phi) is 4.45. The number of ether oxygens (including phenoxy) is 2. The van der Waals surface area contributed by atoms with Crippen molar-refractivity contribution in [3.05, 3.63) is 24.3 Å². The van der Waals surface area contributed by atoms with Gasteiger partial charge in [-0.05, 0) is 25.0 Å². The van der Waals surface area contributed by atoms with E-state index in [9.17, 15) is 13.2 Å². The van der Waals surface area contributed by atoms with Crippen LogP contribution in [0.2, 0.25) is 0 Å². The van der Waals surface area contributed by atoms with Crippen molar-refractivity contribution in [3.8, 4) is 11.5 Å². The van der Waals surface area contributed by atoms with Crippen LogP contribution in [0.15, 0.2) is 24.3 Å². The van der Waals surface area contributed by atoms with Gasteiger partial charge in [0.05, 0.1) is 6.26 Å². The first kappa shape index (κ1) is 16.1. The Bertz CT molecular complexity index is 683. The van der Waals surface area contributed by atoms with Crippen LogP contribution in [-0.4, -0.2) is 56.7 Å². The van der Waals surface area contributed by atoms with E-state index in [1.165, 1.54) is 10.6 Å². The van der Waals surface area contributed by atoms with Gasteiger partial charge >= 0.3 is 0 Å². The van der Waals surface area contributed by atoms with Crippen LogP contribution in [0.25, 0.3) is 0 Å². The largest absolute Gasteiger partial charge is 0.485 e. The molecule has 1 aromatic carbocycles. The van der Waals surface area contributed by atoms with Crippen LogP contribution in [0.4, 0.5) is 0 Å². The molecule has 23 heavy (non-hydrogen) atoms. The van der Waals surface area contributed by atoms with Crippen LogP contribution in [0.1, 0.15) is 12.8 Å². The molecule has 0 unspecified atom stereocenters. The van der Waals surface area contributed by atoms with Crippen molar-refractivity contribution in [2.24, 2.45) is 0 Å². The van der Waals surface area contributed by atoms with Gasteiger partial charge in [0.2, 0.25) is 16.1 Å². The molecule has 0 bridgehead atoms. The van der Waals surface area contributed by atoms with Gasteiger partial charge in [-0.1, -0.05) is 12.1 Å². The number of nitrogens with zero attached hydrogens (tertiary/aromatic N) is 1. The van der Waals surface area contributed by atoms with Crippen LogP contribution >= 0.6 is 0 Å². The summed E-state index contributed by atoms with van der Waals surface area (Å²) in [6.45, 7) is 1.02. The summed E-state index contributed by atoms with van der Waals surface area (Å²) in [7, 11) is -3.16. The van der Waals surface area contributed by atoms with Gasteiger partial charge in [-0.3, -0.25) is 4.79 Å². The average molecular weight is 340 g/mol. The number of hydrogen-bond donors (Lipinski definition) is 1. The molecule has 3 rings (SSSR count). The van der Waals surface area contributed by atoms with Crippen molar-refractivity contribution < 1.29 is 22.7 Å². The number of carbonyl (C=O) groups excluding carboxylic acids is 1. The monoisotopic (exact) mass is 340 g/mol. The molecule has 0 spiro atoms. The smallest absolute Gasteiger partial charge is 0.264 e. The summed E-state index contributed by atoms with van der Waals surface area (Å²) in [6, 6.07) is 7.19. The van der Waals surface area contributed by atoms with E-state index in [-0.39, 0.29) is 18.6 Å². The molecule has 8 heteroatoms. The lowest BCUT2D eigenvalue weighted by molar-refractivity contribution is -0.131. The minimum Gasteiger partial charge on any atom is -0.485 e. The highest BCUT2D eigenvalue weighted by Crippen LogP contribution is 2.30. The van der Waals surface area contributed by atoms with Gasteiger partial charge in [0.25, 0.3) is 5.91 Å². The third kappa shape index (κ3) is 3.76. The highest BCUT2D eigenvalue weighted by Gasteiger charge is 2.31. The van der Waals surface area contributed by atoms with E-state index in [1.54, 1.807) is 12.1 Å². The molecule has 1 amide bonds. The normalized spacial score (nSPS) is 22.6. The number of rotatable bonds is 3. The molecule has 126 valence electrons. The Morgan fingerprint density at radius 3 is 2.52 bits per heavy atom. The van der Waals surface area contributed by atoms with Crippen LogP contribution in [0.3, 0.4) is 0 Å². The lowest BCUT2D eigenvalue weighted by Crippen LogP contribution is -2.51. The second kappa shape index (κ2) is 6.37. The Morgan fingerprint density at radius 2 is 1.87 bits per heavy atom. The van der Waals surface area contributed by atoms with Crippen molar-refractivity contribution in [2.45, 2.75) is 25.0 Å². The summed E-state index contributed by atoms with van der Waals surface area (Å²) in [5.74, 6) is 0.973. The van der Waals surface area contributed by atoms with Crippen LogP contribution in [0.5, 0.6) is 11.5 Å². The van der Waals surface area contributed by atoms with E-state index in [1.807, 2.05) is 12.1 Å². The Balaban J connectivity index is 1.53. The number of fused-ring (bicyclic) bond motifs is 1. The SMILES string of the molecule is CS(=O)(=O)N1CCC(NC(=O)[C@@H]2COc3ccccc3O2)CC1. The zero-order valence-corrected chi connectivity index (χ0v) is 13.7. The number of hydrogen-bond acceptors (Lipinski definition) is 5. The summed E-state index contributed by atoms with van der Waals surface area (Å²) >= 11 is 0. The van der Waals surface area contributed by atoms with E-state index in [4.69, 9.17) is 9.47 Å². The number of para-hydroxylation sites is 2. The summed E-state index contributed by atoms with van der Waals surface area (Å²) < 4.78 is 35.6. The number of benzene rings is 1. The number of amides is 1. The maximum Gasteiger partial charge on any atom is 0.264 e. The van der Waals surface area contributed by atoms with Gasteiger partial charge < -0.3 is 14.8 Å². The minimum absolute atomic E-state index is 0.0405. The zero-order chi connectivity index (χ0) is 16.4. The van der Waals surface area contributed by atoms with Crippen LogP contribution in [0, 0.1) is 0 Å². The van der Waals surface area contributed by atoms with Gasteiger partial charge in [-0.2, -0.15) is 0 Å². The molecule has 2 aliphatic rings. The maximum atomic E-state index is 12.3. The van der Waals surface area contributed by atoms with Crippen LogP contribution in [-0.2, 0) is 14.8 Å². The van der Waals surface area contributed by atoms with E-state index < -0.39 is 16.1 Å². The lowest BCUT2D eigenvalue weighted by Gasteiger charge is -2.32. The minimum atomic E-state index is -3.16. The van der Waals surface area contributed by atoms with Gasteiger partial charge in [0.15, 0.2) is 11.5 Å². The molecule has 0 radical (unpaired) electrons. The molecule has 2 heterocycles. The first-order chi connectivity index (χ1) is 10.9. The molecule has 2 aliphatic heterocycles. The zero-order valence-electron chi connectivity index (χ0n) is 12.9. The Hall–Kier alpha value is -1.80. The molecule has 1 saturated heterocycles. The molecule has 0 aliphatic carbocycles. The third-order valence-electron chi connectivity index (χ3n) is 4.07. The molecule has 1 atom stereocenters. The van der Waals surface area contributed by atoms with Gasteiger partial charge in [0, 0.05) is 19.1 Å². The number of carbonyl (C=O) groups is 1. The lowest BCUT2D eigenvalue weighted by atomic mass is 10.1. The molecular formula is C15H20N2O5S. The van der Waals surface area contributed by atoms with Crippen molar-refractivity contribution >= 4 is 15.9 Å². The molecule has 1 aromatic rings. The van der Waals surface area contributed by atoms with E-state index in [0.717, 1.165) is 0 Å². The first-order valence-electron chi connectivity index (χ1n) is 7.57. The molecule has 0 saturated carbocycles. The highest BCUT2D eigenvalue weighted by atomic mass is 32.2. The van der Waals surface area contributed by atoms with Crippen molar-refractivity contribution in [1.82, 2.24) is 9.62 Å². The van der Waals surface area contributed by atoms with Gasteiger partial charge in [-0.15, -0.1) is 0 Å². The molecular weight excluding hydrogens is 320 g/mol. The molecule has 0 aromatic heterocycles. The Labute approximate surface area is 135 Å². The quantitative estimate of drug-likeness (QED) is 0.859. The maximum absolute atomic E-state index is 12.3. The van der Waals surface area contributed by atoms with Crippen LogP contribution < -0.4 is 14.8 Å². The third-order valence-corrected chi connectivity index (χ3v) is 5.37.